The van der Waals surface area contributed by atoms with E-state index in [2.05, 4.69) is 10.5 Å². The largest absolute Gasteiger partial charge is 0.409 e. The van der Waals surface area contributed by atoms with Crippen molar-refractivity contribution in [3.8, 4) is 0 Å². The number of nitrogens with one attached hydrogen (secondary N) is 1. The lowest BCUT2D eigenvalue weighted by Crippen LogP contribution is -2.21. The highest BCUT2D eigenvalue weighted by atomic mass is 35.5. The van der Waals surface area contributed by atoms with Crippen molar-refractivity contribution in [1.29, 1.82) is 0 Å². The van der Waals surface area contributed by atoms with Gasteiger partial charge in [0.25, 0.3) is 0 Å². The smallest absolute Gasteiger partial charge is 0.170 e. The zero-order valence-electron chi connectivity index (χ0n) is 11.2. The highest BCUT2D eigenvalue weighted by Gasteiger charge is 2.04. The molecule has 1 aromatic rings. The summed E-state index contributed by atoms with van der Waals surface area (Å²) < 4.78 is 5.42. The summed E-state index contributed by atoms with van der Waals surface area (Å²) in [7, 11) is 0. The van der Waals surface area contributed by atoms with Crippen molar-refractivity contribution in [3.63, 3.8) is 0 Å². The van der Waals surface area contributed by atoms with E-state index in [1.54, 1.807) is 12.1 Å². The van der Waals surface area contributed by atoms with Gasteiger partial charge in [-0.05, 0) is 25.5 Å². The quantitative estimate of drug-likeness (QED) is 0.235. The molecule has 5 nitrogen and oxygen atoms in total. The van der Waals surface area contributed by atoms with Gasteiger partial charge in [-0.15, -0.1) is 0 Å². The molecule has 0 aromatic heterocycles. The van der Waals surface area contributed by atoms with Crippen LogP contribution in [-0.4, -0.2) is 30.3 Å². The third-order valence-electron chi connectivity index (χ3n) is 2.50. The van der Waals surface area contributed by atoms with Crippen molar-refractivity contribution < 1.29 is 9.94 Å². The summed E-state index contributed by atoms with van der Waals surface area (Å²) in [6.07, 6.45) is 0.241. The third-order valence-corrected chi connectivity index (χ3v) is 2.85. The molecule has 0 aliphatic heterocycles. The molecular formula is C13H20ClN3O2. The van der Waals surface area contributed by atoms with Gasteiger partial charge < -0.3 is 21.0 Å². The zero-order chi connectivity index (χ0) is 14.3. The summed E-state index contributed by atoms with van der Waals surface area (Å²) in [5.74, 6) is 0.0479. The number of nitrogens with two attached hydrogens (primary N) is 1. The molecule has 0 atom stereocenters. The first-order valence-corrected chi connectivity index (χ1v) is 6.51. The Balaban J connectivity index is 2.47. The lowest BCUT2D eigenvalue weighted by Gasteiger charge is -2.10. The SMILES string of the molecule is CC(C)OCCNCc1ccc(/C(N)=N/O)cc1Cl. The maximum absolute atomic E-state index is 8.59. The topological polar surface area (TPSA) is 79.9 Å². The van der Waals surface area contributed by atoms with Gasteiger partial charge in [0, 0.05) is 23.7 Å². The summed E-state index contributed by atoms with van der Waals surface area (Å²) in [6, 6.07) is 5.30. The van der Waals surface area contributed by atoms with E-state index in [4.69, 9.17) is 27.3 Å². The van der Waals surface area contributed by atoms with Crippen LogP contribution in [-0.2, 0) is 11.3 Å². The first-order valence-electron chi connectivity index (χ1n) is 6.13. The second-order valence-corrected chi connectivity index (χ2v) is 4.79. The lowest BCUT2D eigenvalue weighted by molar-refractivity contribution is 0.0807. The minimum absolute atomic E-state index is 0.0479. The Kier molecular flexibility index (Phi) is 6.62. The van der Waals surface area contributed by atoms with E-state index < -0.39 is 0 Å². The maximum atomic E-state index is 8.59. The van der Waals surface area contributed by atoms with Crippen molar-refractivity contribution >= 4 is 17.4 Å². The fourth-order valence-corrected chi connectivity index (χ4v) is 1.74. The van der Waals surface area contributed by atoms with E-state index in [1.807, 2.05) is 19.9 Å². The van der Waals surface area contributed by atoms with Crippen LogP contribution in [0.5, 0.6) is 0 Å². The standard InChI is InChI=1S/C13H20ClN3O2/c1-9(2)19-6-5-16-8-11-4-3-10(7-12(11)14)13(15)17-18/h3-4,7,9,16,18H,5-6,8H2,1-2H3,(H2,15,17). The predicted molar refractivity (Wildman–Crippen MR) is 76.8 cm³/mol. The van der Waals surface area contributed by atoms with Crippen LogP contribution in [0.3, 0.4) is 0 Å². The van der Waals surface area contributed by atoms with Gasteiger partial charge in [-0.2, -0.15) is 0 Å². The molecule has 0 unspecified atom stereocenters. The zero-order valence-corrected chi connectivity index (χ0v) is 11.9. The summed E-state index contributed by atoms with van der Waals surface area (Å²) in [6.45, 7) is 6.08. The Morgan fingerprint density at radius 3 is 2.84 bits per heavy atom. The van der Waals surface area contributed by atoms with Crippen molar-refractivity contribution in [2.24, 2.45) is 10.9 Å². The Labute approximate surface area is 118 Å². The van der Waals surface area contributed by atoms with Crippen LogP contribution >= 0.6 is 11.6 Å². The van der Waals surface area contributed by atoms with Gasteiger partial charge in [0.15, 0.2) is 5.84 Å². The highest BCUT2D eigenvalue weighted by molar-refractivity contribution is 6.31. The molecule has 4 N–H and O–H groups in total. The van der Waals surface area contributed by atoms with Crippen molar-refractivity contribution in [1.82, 2.24) is 5.32 Å². The number of rotatable bonds is 7. The second kappa shape index (κ2) is 7.99. The van der Waals surface area contributed by atoms with E-state index in [-0.39, 0.29) is 11.9 Å². The van der Waals surface area contributed by atoms with Crippen molar-refractivity contribution in [2.45, 2.75) is 26.5 Å². The van der Waals surface area contributed by atoms with Gasteiger partial charge in [-0.1, -0.05) is 28.9 Å². The molecule has 0 aliphatic rings. The number of ether oxygens (including phenoxy) is 1. The van der Waals surface area contributed by atoms with E-state index >= 15 is 0 Å². The summed E-state index contributed by atoms with van der Waals surface area (Å²) >= 11 is 6.13. The van der Waals surface area contributed by atoms with Gasteiger partial charge in [-0.3, -0.25) is 0 Å². The Hall–Kier alpha value is -1.30. The average Bonchev–Trinajstić information content (AvgIpc) is 2.38. The average molecular weight is 286 g/mol. The van der Waals surface area contributed by atoms with Crippen LogP contribution in [0.4, 0.5) is 0 Å². The number of hydrogen-bond acceptors (Lipinski definition) is 4. The minimum atomic E-state index is 0.0479. The normalized spacial score (nSPS) is 12.1. The Morgan fingerprint density at radius 1 is 1.53 bits per heavy atom. The summed E-state index contributed by atoms with van der Waals surface area (Å²) in [4.78, 5) is 0. The van der Waals surface area contributed by atoms with Crippen LogP contribution in [0.25, 0.3) is 0 Å². The molecule has 106 valence electrons. The monoisotopic (exact) mass is 285 g/mol. The molecule has 19 heavy (non-hydrogen) atoms. The maximum Gasteiger partial charge on any atom is 0.170 e. The van der Waals surface area contributed by atoms with E-state index in [9.17, 15) is 0 Å². The molecule has 1 aromatic carbocycles. The first kappa shape index (κ1) is 15.8. The van der Waals surface area contributed by atoms with Crippen molar-refractivity contribution in [3.05, 3.63) is 34.3 Å². The Bertz CT molecular complexity index is 436. The van der Waals surface area contributed by atoms with Gasteiger partial charge in [0.1, 0.15) is 0 Å². The molecule has 0 radical (unpaired) electrons. The van der Waals surface area contributed by atoms with Gasteiger partial charge >= 0.3 is 0 Å². The van der Waals surface area contributed by atoms with Crippen LogP contribution in [0.1, 0.15) is 25.0 Å². The molecule has 0 heterocycles. The molecule has 6 heteroatoms. The number of halogens is 1. The molecule has 0 saturated carbocycles. The molecule has 0 spiro atoms. The highest BCUT2D eigenvalue weighted by Crippen LogP contribution is 2.17. The fraction of sp³-hybridized carbons (Fsp3) is 0.462. The fourth-order valence-electron chi connectivity index (χ4n) is 1.50. The number of nitrogens with zero attached hydrogens (tertiary/aromatic N) is 1. The summed E-state index contributed by atoms with van der Waals surface area (Å²) in [5, 5.41) is 15.3. The van der Waals surface area contributed by atoms with Crippen molar-refractivity contribution in [2.75, 3.05) is 13.2 Å². The van der Waals surface area contributed by atoms with Gasteiger partial charge in [-0.25, -0.2) is 0 Å². The van der Waals surface area contributed by atoms with Crippen LogP contribution in [0.2, 0.25) is 5.02 Å². The number of amidine groups is 1. The molecule has 0 fully saturated rings. The molecule has 0 saturated heterocycles. The predicted octanol–water partition coefficient (Wildman–Crippen LogP) is 1.95. The van der Waals surface area contributed by atoms with E-state index in [1.165, 1.54) is 0 Å². The first-order chi connectivity index (χ1) is 9.04. The van der Waals surface area contributed by atoms with E-state index in [0.717, 1.165) is 12.1 Å². The Morgan fingerprint density at radius 2 is 2.26 bits per heavy atom. The third kappa shape index (κ3) is 5.46. The molecule has 0 bridgehead atoms. The molecular weight excluding hydrogens is 266 g/mol. The van der Waals surface area contributed by atoms with Crippen LogP contribution in [0, 0.1) is 0 Å². The van der Waals surface area contributed by atoms with E-state index in [0.29, 0.717) is 23.7 Å². The molecule has 0 aliphatic carbocycles. The second-order valence-electron chi connectivity index (χ2n) is 4.39. The van der Waals surface area contributed by atoms with Gasteiger partial charge in [0.05, 0.1) is 12.7 Å². The number of benzene rings is 1. The molecule has 1 rings (SSSR count). The lowest BCUT2D eigenvalue weighted by atomic mass is 10.1. The summed E-state index contributed by atoms with van der Waals surface area (Å²) in [5.41, 5.74) is 7.05. The van der Waals surface area contributed by atoms with Gasteiger partial charge in [0.2, 0.25) is 0 Å². The van der Waals surface area contributed by atoms with Crippen LogP contribution < -0.4 is 11.1 Å². The van der Waals surface area contributed by atoms with Crippen LogP contribution in [0.15, 0.2) is 23.4 Å². The molecule has 0 amide bonds. The minimum Gasteiger partial charge on any atom is -0.409 e. The number of hydrogen-bond donors (Lipinski definition) is 3. The number of oxime groups is 1.